The number of halogens is 1. The summed E-state index contributed by atoms with van der Waals surface area (Å²) in [7, 11) is 0. The molecular formula is C22H27FO2. The van der Waals surface area contributed by atoms with E-state index in [1.54, 1.807) is 0 Å². The lowest BCUT2D eigenvalue weighted by Crippen LogP contribution is -2.34. The average Bonchev–Trinajstić information content (AvgIpc) is 2.60. The van der Waals surface area contributed by atoms with Crippen LogP contribution in [-0.2, 0) is 4.74 Å². The van der Waals surface area contributed by atoms with Gasteiger partial charge in [-0.1, -0.05) is 31.7 Å². The fourth-order valence-corrected chi connectivity index (χ4v) is 3.66. The highest BCUT2D eigenvalue weighted by Crippen LogP contribution is 2.48. The topological polar surface area (TPSA) is 26.3 Å². The Labute approximate surface area is 150 Å². The van der Waals surface area contributed by atoms with Crippen molar-refractivity contribution < 1.29 is 13.9 Å². The Morgan fingerprint density at radius 2 is 2.00 bits per heavy atom. The summed E-state index contributed by atoms with van der Waals surface area (Å²) in [5, 5.41) is 0. The average molecular weight is 342 g/mol. The molecule has 0 heterocycles. The van der Waals surface area contributed by atoms with E-state index in [1.807, 2.05) is 6.08 Å². The summed E-state index contributed by atoms with van der Waals surface area (Å²) in [5.41, 5.74) is 2.49. The van der Waals surface area contributed by atoms with Crippen molar-refractivity contribution in [2.24, 2.45) is 17.3 Å². The second kappa shape index (κ2) is 7.81. The number of rotatable bonds is 6. The zero-order valence-electron chi connectivity index (χ0n) is 15.2. The van der Waals surface area contributed by atoms with E-state index >= 15 is 0 Å². The van der Waals surface area contributed by atoms with Crippen molar-refractivity contribution in [3.63, 3.8) is 0 Å². The molecule has 0 radical (unpaired) electrons. The smallest absolute Gasteiger partial charge is 0.338 e. The number of hydrogen-bond donors (Lipinski definition) is 0. The van der Waals surface area contributed by atoms with Crippen LogP contribution in [0.5, 0.6) is 0 Å². The normalized spacial score (nSPS) is 25.9. The minimum absolute atomic E-state index is 0.0629. The molecule has 1 aromatic carbocycles. The van der Waals surface area contributed by atoms with E-state index in [4.69, 9.17) is 4.74 Å². The molecule has 0 N–H and O–H groups in total. The van der Waals surface area contributed by atoms with E-state index in [0.29, 0.717) is 17.4 Å². The first-order chi connectivity index (χ1) is 11.8. The third kappa shape index (κ3) is 4.47. The van der Waals surface area contributed by atoms with Gasteiger partial charge in [-0.15, -0.1) is 6.58 Å². The summed E-state index contributed by atoms with van der Waals surface area (Å²) < 4.78 is 18.3. The second-order valence-electron chi connectivity index (χ2n) is 7.32. The van der Waals surface area contributed by atoms with Crippen LogP contribution in [0.25, 0.3) is 0 Å². The molecule has 1 fully saturated rings. The molecule has 134 valence electrons. The lowest BCUT2D eigenvalue weighted by molar-refractivity contribution is 0.0521. The van der Waals surface area contributed by atoms with Gasteiger partial charge in [-0.3, -0.25) is 0 Å². The van der Waals surface area contributed by atoms with Crippen LogP contribution in [0, 0.1) is 23.1 Å². The quantitative estimate of drug-likeness (QED) is 0.488. The van der Waals surface area contributed by atoms with Gasteiger partial charge in [-0.05, 0) is 73.3 Å². The molecule has 3 atom stereocenters. The summed E-state index contributed by atoms with van der Waals surface area (Å²) in [5.74, 6) is -0.173. The molecule has 25 heavy (non-hydrogen) atoms. The van der Waals surface area contributed by atoms with E-state index in [-0.39, 0.29) is 17.8 Å². The fourth-order valence-electron chi connectivity index (χ4n) is 3.66. The highest BCUT2D eigenvalue weighted by atomic mass is 19.1. The van der Waals surface area contributed by atoms with E-state index in [9.17, 15) is 9.18 Å². The van der Waals surface area contributed by atoms with Gasteiger partial charge < -0.3 is 4.74 Å². The van der Waals surface area contributed by atoms with Gasteiger partial charge in [-0.25, -0.2) is 9.18 Å². The molecule has 0 bridgehead atoms. The highest BCUT2D eigenvalue weighted by Gasteiger charge is 2.38. The Hall–Kier alpha value is -2.16. The van der Waals surface area contributed by atoms with Crippen molar-refractivity contribution in [2.45, 2.75) is 33.1 Å². The predicted molar refractivity (Wildman–Crippen MR) is 99.8 cm³/mol. The Bertz CT molecular complexity index is 674. The molecule has 2 rings (SSSR count). The van der Waals surface area contributed by atoms with Crippen molar-refractivity contribution in [2.75, 3.05) is 6.61 Å². The number of carbonyl (C=O) groups is 1. The van der Waals surface area contributed by atoms with Crippen LogP contribution in [0.15, 0.2) is 61.2 Å². The molecule has 3 heteroatoms. The Morgan fingerprint density at radius 1 is 1.36 bits per heavy atom. The van der Waals surface area contributed by atoms with Crippen molar-refractivity contribution in [3.8, 4) is 0 Å². The molecule has 0 spiro atoms. The maximum atomic E-state index is 12.9. The van der Waals surface area contributed by atoms with Crippen LogP contribution in [0.2, 0.25) is 0 Å². The summed E-state index contributed by atoms with van der Waals surface area (Å²) in [6.45, 7) is 16.8. The number of hydrogen-bond acceptors (Lipinski definition) is 2. The molecule has 2 nitrogen and oxygen atoms in total. The van der Waals surface area contributed by atoms with Crippen molar-refractivity contribution in [1.82, 2.24) is 0 Å². The van der Waals surface area contributed by atoms with Crippen LogP contribution in [0.1, 0.15) is 43.5 Å². The Balaban J connectivity index is 1.95. The van der Waals surface area contributed by atoms with Gasteiger partial charge >= 0.3 is 5.97 Å². The molecule has 0 unspecified atom stereocenters. The molecule has 1 aliphatic rings. The first kappa shape index (κ1) is 19.2. The molecule has 1 aliphatic carbocycles. The van der Waals surface area contributed by atoms with Crippen LogP contribution < -0.4 is 0 Å². The number of carbonyl (C=O) groups excluding carboxylic acids is 1. The summed E-state index contributed by atoms with van der Waals surface area (Å²) in [6, 6.07) is 5.35. The molecule has 1 saturated carbocycles. The monoisotopic (exact) mass is 342 g/mol. The standard InChI is InChI=1S/C22H27FO2/c1-6-22(5)12-11-18(13-20(22)15(2)3)16(4)14-25-21(24)17-7-9-19(23)10-8-17/h6-10,18,20H,1-2,4,11-14H2,3,5H3/t18-,20+,22-/m1/s1. The molecule has 1 aromatic rings. The van der Waals surface area contributed by atoms with E-state index in [2.05, 4.69) is 33.6 Å². The van der Waals surface area contributed by atoms with Gasteiger partial charge in [0.1, 0.15) is 12.4 Å². The largest absolute Gasteiger partial charge is 0.458 e. The second-order valence-corrected chi connectivity index (χ2v) is 7.32. The molecule has 0 aliphatic heterocycles. The number of esters is 1. The van der Waals surface area contributed by atoms with Gasteiger partial charge in [0.05, 0.1) is 5.56 Å². The van der Waals surface area contributed by atoms with Crippen LogP contribution in [0.3, 0.4) is 0 Å². The zero-order chi connectivity index (χ0) is 18.6. The van der Waals surface area contributed by atoms with Gasteiger partial charge in [0.15, 0.2) is 0 Å². The van der Waals surface area contributed by atoms with E-state index in [0.717, 1.165) is 30.4 Å². The lowest BCUT2D eigenvalue weighted by Gasteiger charge is -2.43. The number of ether oxygens (including phenoxy) is 1. The highest BCUT2D eigenvalue weighted by molar-refractivity contribution is 5.89. The lowest BCUT2D eigenvalue weighted by atomic mass is 9.61. The van der Waals surface area contributed by atoms with Gasteiger partial charge in [0.25, 0.3) is 0 Å². The fraction of sp³-hybridized carbons (Fsp3) is 0.409. The van der Waals surface area contributed by atoms with Crippen LogP contribution >= 0.6 is 0 Å². The van der Waals surface area contributed by atoms with Gasteiger partial charge in [0, 0.05) is 0 Å². The molecule has 0 saturated heterocycles. The van der Waals surface area contributed by atoms with E-state index in [1.165, 1.54) is 24.3 Å². The predicted octanol–water partition coefficient (Wildman–Crippen LogP) is 5.72. The Morgan fingerprint density at radius 3 is 2.56 bits per heavy atom. The summed E-state index contributed by atoms with van der Waals surface area (Å²) in [4.78, 5) is 12.1. The summed E-state index contributed by atoms with van der Waals surface area (Å²) >= 11 is 0. The van der Waals surface area contributed by atoms with Crippen molar-refractivity contribution in [3.05, 3.63) is 72.6 Å². The SMILES string of the molecule is C=C[C@]1(C)CC[C@@H](C(=C)COC(=O)c2ccc(F)cc2)C[C@H]1C(=C)C. The van der Waals surface area contributed by atoms with E-state index < -0.39 is 5.97 Å². The minimum atomic E-state index is -0.454. The number of allylic oxidation sites excluding steroid dienone is 2. The Kier molecular flexibility index (Phi) is 5.99. The third-order valence-electron chi connectivity index (χ3n) is 5.45. The molecule has 0 amide bonds. The maximum Gasteiger partial charge on any atom is 0.338 e. The van der Waals surface area contributed by atoms with Gasteiger partial charge in [0.2, 0.25) is 0 Å². The third-order valence-corrected chi connectivity index (χ3v) is 5.45. The zero-order valence-corrected chi connectivity index (χ0v) is 15.2. The first-order valence-electron chi connectivity index (χ1n) is 8.66. The first-order valence-corrected chi connectivity index (χ1v) is 8.66. The van der Waals surface area contributed by atoms with Gasteiger partial charge in [-0.2, -0.15) is 0 Å². The van der Waals surface area contributed by atoms with Crippen molar-refractivity contribution >= 4 is 5.97 Å². The molecule has 0 aromatic heterocycles. The maximum absolute atomic E-state index is 12.9. The minimum Gasteiger partial charge on any atom is -0.458 e. The van der Waals surface area contributed by atoms with Crippen LogP contribution in [0.4, 0.5) is 4.39 Å². The van der Waals surface area contributed by atoms with Crippen LogP contribution in [-0.4, -0.2) is 12.6 Å². The van der Waals surface area contributed by atoms with Crippen molar-refractivity contribution in [1.29, 1.82) is 0 Å². The number of benzene rings is 1. The summed E-state index contributed by atoms with van der Waals surface area (Å²) in [6.07, 6.45) is 5.01. The molecular weight excluding hydrogens is 315 g/mol.